The summed E-state index contributed by atoms with van der Waals surface area (Å²) in [6, 6.07) is -0.320. The Hall–Kier alpha value is -0.570. The molecule has 0 aromatic heterocycles. The summed E-state index contributed by atoms with van der Waals surface area (Å²) >= 11 is 0. The van der Waals surface area contributed by atoms with Gasteiger partial charge in [0.1, 0.15) is 0 Å². The minimum Gasteiger partial charge on any atom is -0.477 e. The number of carbonyl (C=O) groups is 1. The summed E-state index contributed by atoms with van der Waals surface area (Å²) in [5.41, 5.74) is -0.0821. The molecule has 0 aliphatic heterocycles. The first-order valence-corrected chi connectivity index (χ1v) is 12.8. The van der Waals surface area contributed by atoms with E-state index >= 15 is 0 Å². The molecule has 0 rings (SSSR count). The molecule has 0 aliphatic rings. The van der Waals surface area contributed by atoms with Crippen molar-refractivity contribution in [2.75, 3.05) is 21.1 Å². The van der Waals surface area contributed by atoms with E-state index in [1.165, 1.54) is 89.9 Å². The van der Waals surface area contributed by atoms with Gasteiger partial charge in [0.15, 0.2) is 6.04 Å². The first-order valence-electron chi connectivity index (χ1n) is 12.8. The zero-order valence-corrected chi connectivity index (χ0v) is 20.9. The summed E-state index contributed by atoms with van der Waals surface area (Å²) in [4.78, 5) is 12.0. The van der Waals surface area contributed by atoms with Crippen molar-refractivity contribution in [1.29, 1.82) is 0 Å². The minimum absolute atomic E-state index is 0.0821. The van der Waals surface area contributed by atoms with E-state index in [0.29, 0.717) is 4.48 Å². The molecule has 0 aromatic rings. The molecule has 0 spiro atoms. The standard InChI is InChI=1S/C26H53NO2/c1-7-10-11-12-13-14-15-16-17-18-19-20-21-22-23-26(8-2,9-3)24(25(28)29)27(4,5)6/h24H,7-23H2,1-6H3/p+1. The van der Waals surface area contributed by atoms with Gasteiger partial charge in [0, 0.05) is 5.41 Å². The molecule has 0 aliphatic carbocycles. The molecule has 1 N–H and O–H groups in total. The van der Waals surface area contributed by atoms with Gasteiger partial charge in [0.25, 0.3) is 0 Å². The highest BCUT2D eigenvalue weighted by atomic mass is 16.4. The van der Waals surface area contributed by atoms with E-state index in [1.54, 1.807) is 0 Å². The predicted molar refractivity (Wildman–Crippen MR) is 127 cm³/mol. The topological polar surface area (TPSA) is 37.3 Å². The maximum absolute atomic E-state index is 12.0. The summed E-state index contributed by atoms with van der Waals surface area (Å²) in [6.07, 6.45) is 22.1. The third-order valence-corrected chi connectivity index (χ3v) is 7.03. The third kappa shape index (κ3) is 12.0. The Balaban J connectivity index is 3.97. The van der Waals surface area contributed by atoms with E-state index in [2.05, 4.69) is 20.8 Å². The molecule has 3 heteroatoms. The number of aliphatic carboxylic acids is 1. The van der Waals surface area contributed by atoms with Gasteiger partial charge in [-0.1, -0.05) is 111 Å². The summed E-state index contributed by atoms with van der Waals surface area (Å²) < 4.78 is 0.510. The predicted octanol–water partition coefficient (Wildman–Crippen LogP) is 7.82. The Morgan fingerprint density at radius 2 is 1.03 bits per heavy atom. The maximum Gasteiger partial charge on any atom is 0.363 e. The van der Waals surface area contributed by atoms with Crippen molar-refractivity contribution in [3.63, 3.8) is 0 Å². The first-order chi connectivity index (χ1) is 13.7. The Morgan fingerprint density at radius 1 is 0.690 bits per heavy atom. The highest BCUT2D eigenvalue weighted by molar-refractivity contribution is 5.73. The van der Waals surface area contributed by atoms with Crippen LogP contribution in [0.2, 0.25) is 0 Å². The SMILES string of the molecule is CCCCCCCCCCCCCCCCC(CC)(CC)C(C(=O)O)[N+](C)(C)C. The quantitative estimate of drug-likeness (QED) is 0.163. The molecule has 0 saturated heterocycles. The van der Waals surface area contributed by atoms with Crippen molar-refractivity contribution in [1.82, 2.24) is 0 Å². The molecule has 0 aromatic carbocycles. The zero-order valence-electron chi connectivity index (χ0n) is 20.9. The van der Waals surface area contributed by atoms with Crippen molar-refractivity contribution in [2.24, 2.45) is 5.41 Å². The van der Waals surface area contributed by atoms with E-state index in [4.69, 9.17) is 0 Å². The number of quaternary nitrogens is 1. The van der Waals surface area contributed by atoms with Crippen LogP contribution in [-0.2, 0) is 4.79 Å². The Morgan fingerprint density at radius 3 is 1.31 bits per heavy atom. The lowest BCUT2D eigenvalue weighted by Crippen LogP contribution is -2.58. The highest BCUT2D eigenvalue weighted by Crippen LogP contribution is 2.40. The summed E-state index contributed by atoms with van der Waals surface area (Å²) in [5, 5.41) is 9.91. The summed E-state index contributed by atoms with van der Waals surface area (Å²) in [6.45, 7) is 6.64. The second kappa shape index (κ2) is 16.2. The lowest BCUT2D eigenvalue weighted by molar-refractivity contribution is -0.895. The largest absolute Gasteiger partial charge is 0.477 e. The van der Waals surface area contributed by atoms with Crippen molar-refractivity contribution in [2.45, 2.75) is 136 Å². The van der Waals surface area contributed by atoms with Gasteiger partial charge in [-0.2, -0.15) is 0 Å². The average molecular weight is 413 g/mol. The molecule has 0 bridgehead atoms. The van der Waals surface area contributed by atoms with Crippen molar-refractivity contribution >= 4 is 5.97 Å². The number of hydrogen-bond donors (Lipinski definition) is 1. The minimum atomic E-state index is -0.633. The molecule has 1 atom stereocenters. The Kier molecular flexibility index (Phi) is 15.8. The molecule has 0 saturated carbocycles. The van der Waals surface area contributed by atoms with Crippen LogP contribution in [0.5, 0.6) is 0 Å². The van der Waals surface area contributed by atoms with E-state index in [-0.39, 0.29) is 11.5 Å². The Bertz CT molecular complexity index is 396. The van der Waals surface area contributed by atoms with Gasteiger partial charge in [0.05, 0.1) is 21.1 Å². The fourth-order valence-corrected chi connectivity index (χ4v) is 5.21. The van der Waals surface area contributed by atoms with Crippen LogP contribution in [0.1, 0.15) is 130 Å². The second-order valence-electron chi connectivity index (χ2n) is 10.3. The molecule has 3 nitrogen and oxygen atoms in total. The lowest BCUT2D eigenvalue weighted by Gasteiger charge is -2.44. The smallest absolute Gasteiger partial charge is 0.363 e. The molecule has 0 fully saturated rings. The van der Waals surface area contributed by atoms with Crippen LogP contribution in [0.4, 0.5) is 0 Å². The molecule has 1 unspecified atom stereocenters. The molecular formula is C26H54NO2+. The fourth-order valence-electron chi connectivity index (χ4n) is 5.21. The molecule has 174 valence electrons. The van der Waals surface area contributed by atoms with Crippen LogP contribution in [-0.4, -0.2) is 42.7 Å². The zero-order chi connectivity index (χ0) is 22.2. The van der Waals surface area contributed by atoms with E-state index in [9.17, 15) is 9.90 Å². The normalized spacial score (nSPS) is 13.6. The molecule has 0 radical (unpaired) electrons. The van der Waals surface area contributed by atoms with Crippen LogP contribution in [0.25, 0.3) is 0 Å². The van der Waals surface area contributed by atoms with Crippen molar-refractivity contribution < 1.29 is 14.4 Å². The van der Waals surface area contributed by atoms with E-state index < -0.39 is 5.97 Å². The number of carboxylic acids is 1. The lowest BCUT2D eigenvalue weighted by atomic mass is 9.70. The van der Waals surface area contributed by atoms with Crippen LogP contribution in [0.15, 0.2) is 0 Å². The number of hydrogen-bond acceptors (Lipinski definition) is 1. The molecule has 0 amide bonds. The van der Waals surface area contributed by atoms with Gasteiger partial charge >= 0.3 is 5.97 Å². The Labute approximate surface area is 183 Å². The monoisotopic (exact) mass is 412 g/mol. The van der Waals surface area contributed by atoms with E-state index in [0.717, 1.165) is 19.3 Å². The summed E-state index contributed by atoms with van der Waals surface area (Å²) in [7, 11) is 6.10. The number of rotatable bonds is 20. The van der Waals surface area contributed by atoms with Crippen LogP contribution in [0, 0.1) is 5.41 Å². The van der Waals surface area contributed by atoms with Gasteiger partial charge in [-0.05, 0) is 19.3 Å². The van der Waals surface area contributed by atoms with Crippen molar-refractivity contribution in [3.8, 4) is 0 Å². The maximum atomic E-state index is 12.0. The van der Waals surface area contributed by atoms with Gasteiger partial charge in [0.2, 0.25) is 0 Å². The van der Waals surface area contributed by atoms with Crippen molar-refractivity contribution in [3.05, 3.63) is 0 Å². The second-order valence-corrected chi connectivity index (χ2v) is 10.3. The highest BCUT2D eigenvalue weighted by Gasteiger charge is 2.48. The first kappa shape index (κ1) is 28.4. The van der Waals surface area contributed by atoms with Gasteiger partial charge in [-0.3, -0.25) is 0 Å². The number of likely N-dealkylation sites (N-methyl/N-ethyl adjacent to an activating group) is 1. The number of unbranched alkanes of at least 4 members (excludes halogenated alkanes) is 13. The molecule has 29 heavy (non-hydrogen) atoms. The van der Waals surface area contributed by atoms with Gasteiger partial charge < -0.3 is 9.59 Å². The number of nitrogens with zero attached hydrogens (tertiary/aromatic N) is 1. The van der Waals surface area contributed by atoms with Crippen LogP contribution in [0.3, 0.4) is 0 Å². The van der Waals surface area contributed by atoms with E-state index in [1.807, 2.05) is 21.1 Å². The fraction of sp³-hybridized carbons (Fsp3) is 0.962. The van der Waals surface area contributed by atoms with Crippen LogP contribution >= 0.6 is 0 Å². The third-order valence-electron chi connectivity index (χ3n) is 7.03. The van der Waals surface area contributed by atoms with Gasteiger partial charge in [-0.25, -0.2) is 4.79 Å². The molecular weight excluding hydrogens is 358 g/mol. The number of carboxylic acid groups (broad SMARTS) is 1. The average Bonchev–Trinajstić information content (AvgIpc) is 2.65. The van der Waals surface area contributed by atoms with Gasteiger partial charge in [-0.15, -0.1) is 0 Å². The summed E-state index contributed by atoms with van der Waals surface area (Å²) in [5.74, 6) is -0.633. The molecule has 0 heterocycles. The van der Waals surface area contributed by atoms with Crippen LogP contribution < -0.4 is 0 Å².